The predicted octanol–water partition coefficient (Wildman–Crippen LogP) is 1.40. The molecule has 1 N–H and O–H groups in total. The molecule has 2 aliphatic heterocycles. The van der Waals surface area contributed by atoms with Crippen molar-refractivity contribution >= 4 is 17.5 Å². The highest BCUT2D eigenvalue weighted by molar-refractivity contribution is 6.30. The molecule has 2 fully saturated rings. The van der Waals surface area contributed by atoms with Crippen molar-refractivity contribution in [1.29, 1.82) is 0 Å². The third kappa shape index (κ3) is 2.85. The summed E-state index contributed by atoms with van der Waals surface area (Å²) < 4.78 is 5.49. The lowest BCUT2D eigenvalue weighted by Gasteiger charge is -2.17. The van der Waals surface area contributed by atoms with E-state index >= 15 is 0 Å². The smallest absolute Gasteiger partial charge is 0.260 e. The van der Waals surface area contributed by atoms with Crippen LogP contribution in [0.25, 0.3) is 0 Å². The number of carbonyl (C=O) groups excluding carboxylic acids is 1. The number of amides is 1. The number of nitrogens with one attached hydrogen (secondary N) is 1. The lowest BCUT2D eigenvalue weighted by molar-refractivity contribution is -0.132. The van der Waals surface area contributed by atoms with E-state index in [2.05, 4.69) is 5.32 Å². The number of hydrogen-bond acceptors (Lipinski definition) is 3. The predicted molar refractivity (Wildman–Crippen MR) is 73.4 cm³/mol. The Labute approximate surface area is 117 Å². The van der Waals surface area contributed by atoms with Crippen LogP contribution in [0.15, 0.2) is 24.3 Å². The Morgan fingerprint density at radius 3 is 2.53 bits per heavy atom. The maximum absolute atomic E-state index is 12.1. The third-order valence-electron chi connectivity index (χ3n) is 3.92. The van der Waals surface area contributed by atoms with Gasteiger partial charge >= 0.3 is 0 Å². The van der Waals surface area contributed by atoms with Crippen LogP contribution in [-0.4, -0.2) is 43.6 Å². The number of nitrogens with zero attached hydrogens (tertiary/aromatic N) is 1. The minimum absolute atomic E-state index is 0.0735. The fourth-order valence-electron chi connectivity index (χ4n) is 2.83. The van der Waals surface area contributed by atoms with Gasteiger partial charge in [-0.2, -0.15) is 0 Å². The first-order chi connectivity index (χ1) is 9.22. The molecule has 2 heterocycles. The van der Waals surface area contributed by atoms with Crippen LogP contribution in [0.3, 0.4) is 0 Å². The summed E-state index contributed by atoms with van der Waals surface area (Å²) in [5, 5.41) is 4.03. The number of fused-ring (bicyclic) bond motifs is 1. The molecule has 2 unspecified atom stereocenters. The molecular weight excluding hydrogens is 264 g/mol. The van der Waals surface area contributed by atoms with Gasteiger partial charge in [-0.25, -0.2) is 0 Å². The standard InChI is InChI=1S/C14H17ClN2O2/c15-12-1-3-13(4-2-12)19-9-14(18)17-7-10-5-16-6-11(10)8-17/h1-4,10-11,16H,5-9H2. The van der Waals surface area contributed by atoms with Crippen molar-refractivity contribution < 1.29 is 9.53 Å². The Balaban J connectivity index is 1.50. The minimum Gasteiger partial charge on any atom is -0.484 e. The zero-order chi connectivity index (χ0) is 13.2. The van der Waals surface area contributed by atoms with E-state index < -0.39 is 0 Å². The molecule has 19 heavy (non-hydrogen) atoms. The zero-order valence-corrected chi connectivity index (χ0v) is 11.4. The van der Waals surface area contributed by atoms with Crippen LogP contribution in [0.1, 0.15) is 0 Å². The number of likely N-dealkylation sites (tertiary alicyclic amines) is 1. The van der Waals surface area contributed by atoms with Gasteiger partial charge in [0.2, 0.25) is 0 Å². The Morgan fingerprint density at radius 1 is 1.26 bits per heavy atom. The monoisotopic (exact) mass is 280 g/mol. The van der Waals surface area contributed by atoms with Crippen molar-refractivity contribution in [2.45, 2.75) is 0 Å². The lowest BCUT2D eigenvalue weighted by Crippen LogP contribution is -2.35. The molecule has 0 bridgehead atoms. The van der Waals surface area contributed by atoms with Crippen LogP contribution in [0, 0.1) is 11.8 Å². The number of hydrogen-bond donors (Lipinski definition) is 1. The van der Waals surface area contributed by atoms with Gasteiger partial charge in [-0.15, -0.1) is 0 Å². The largest absolute Gasteiger partial charge is 0.484 e. The van der Waals surface area contributed by atoms with Gasteiger partial charge in [-0.1, -0.05) is 11.6 Å². The summed E-state index contributed by atoms with van der Waals surface area (Å²) in [7, 11) is 0. The van der Waals surface area contributed by atoms with Crippen LogP contribution in [-0.2, 0) is 4.79 Å². The summed E-state index contributed by atoms with van der Waals surface area (Å²) in [5.74, 6) is 2.00. The topological polar surface area (TPSA) is 41.6 Å². The number of ether oxygens (including phenoxy) is 1. The van der Waals surface area contributed by atoms with Crippen molar-refractivity contribution in [2.24, 2.45) is 11.8 Å². The Morgan fingerprint density at radius 2 is 1.89 bits per heavy atom. The van der Waals surface area contributed by atoms with Crippen LogP contribution >= 0.6 is 11.6 Å². The molecule has 5 heteroatoms. The molecule has 1 aromatic carbocycles. The van der Waals surface area contributed by atoms with Gasteiger partial charge in [0.05, 0.1) is 0 Å². The Bertz CT molecular complexity index is 451. The van der Waals surface area contributed by atoms with Crippen LogP contribution in [0.4, 0.5) is 0 Å². The van der Waals surface area contributed by atoms with Crippen molar-refractivity contribution in [3.63, 3.8) is 0 Å². The van der Waals surface area contributed by atoms with Gasteiger partial charge in [0.15, 0.2) is 6.61 Å². The third-order valence-corrected chi connectivity index (χ3v) is 4.17. The fraction of sp³-hybridized carbons (Fsp3) is 0.500. The Kier molecular flexibility index (Phi) is 3.62. The maximum atomic E-state index is 12.1. The molecular formula is C14H17ClN2O2. The summed E-state index contributed by atoms with van der Waals surface area (Å²) >= 11 is 5.80. The molecule has 0 aromatic heterocycles. The molecule has 0 radical (unpaired) electrons. The molecule has 102 valence electrons. The molecule has 2 aliphatic rings. The molecule has 4 nitrogen and oxygen atoms in total. The second-order valence-electron chi connectivity index (χ2n) is 5.22. The van der Waals surface area contributed by atoms with Gasteiger partial charge in [0, 0.05) is 31.2 Å². The van der Waals surface area contributed by atoms with E-state index in [1.54, 1.807) is 24.3 Å². The highest BCUT2D eigenvalue weighted by Gasteiger charge is 2.37. The van der Waals surface area contributed by atoms with E-state index in [0.29, 0.717) is 22.6 Å². The second-order valence-corrected chi connectivity index (χ2v) is 5.66. The quantitative estimate of drug-likeness (QED) is 0.910. The number of rotatable bonds is 3. The van der Waals surface area contributed by atoms with Gasteiger partial charge in [-0.3, -0.25) is 4.79 Å². The first-order valence-corrected chi connectivity index (χ1v) is 6.97. The van der Waals surface area contributed by atoms with Gasteiger partial charge in [-0.05, 0) is 36.1 Å². The zero-order valence-electron chi connectivity index (χ0n) is 10.6. The van der Waals surface area contributed by atoms with Gasteiger partial charge < -0.3 is 15.0 Å². The van der Waals surface area contributed by atoms with E-state index in [1.807, 2.05) is 4.90 Å². The molecule has 3 rings (SSSR count). The summed E-state index contributed by atoms with van der Waals surface area (Å²) in [6.07, 6.45) is 0. The summed E-state index contributed by atoms with van der Waals surface area (Å²) in [5.41, 5.74) is 0. The Hall–Kier alpha value is -1.26. The van der Waals surface area contributed by atoms with Crippen molar-refractivity contribution in [3.05, 3.63) is 29.3 Å². The highest BCUT2D eigenvalue weighted by Crippen LogP contribution is 2.26. The number of carbonyl (C=O) groups is 1. The van der Waals surface area contributed by atoms with Gasteiger partial charge in [0.1, 0.15) is 5.75 Å². The minimum atomic E-state index is 0.0735. The molecule has 0 saturated carbocycles. The lowest BCUT2D eigenvalue weighted by atomic mass is 10.0. The van der Waals surface area contributed by atoms with Crippen molar-refractivity contribution in [1.82, 2.24) is 10.2 Å². The van der Waals surface area contributed by atoms with E-state index in [0.717, 1.165) is 26.2 Å². The SMILES string of the molecule is O=C(COc1ccc(Cl)cc1)N1CC2CNCC2C1. The number of benzene rings is 1. The molecule has 0 aliphatic carbocycles. The summed E-state index contributed by atoms with van der Waals surface area (Å²) in [6.45, 7) is 3.90. The molecule has 1 aromatic rings. The maximum Gasteiger partial charge on any atom is 0.260 e. The number of halogens is 1. The van der Waals surface area contributed by atoms with E-state index in [-0.39, 0.29) is 12.5 Å². The van der Waals surface area contributed by atoms with Crippen LogP contribution in [0.5, 0.6) is 5.75 Å². The van der Waals surface area contributed by atoms with Crippen LogP contribution in [0.2, 0.25) is 5.02 Å². The normalized spacial score (nSPS) is 25.4. The average molecular weight is 281 g/mol. The first-order valence-electron chi connectivity index (χ1n) is 6.59. The van der Waals surface area contributed by atoms with Crippen molar-refractivity contribution in [2.75, 3.05) is 32.8 Å². The van der Waals surface area contributed by atoms with E-state index in [4.69, 9.17) is 16.3 Å². The average Bonchev–Trinajstić information content (AvgIpc) is 2.98. The molecule has 1 amide bonds. The van der Waals surface area contributed by atoms with Gasteiger partial charge in [0.25, 0.3) is 5.91 Å². The van der Waals surface area contributed by atoms with E-state index in [9.17, 15) is 4.79 Å². The molecule has 0 spiro atoms. The van der Waals surface area contributed by atoms with Crippen molar-refractivity contribution in [3.8, 4) is 5.75 Å². The molecule has 2 atom stereocenters. The first kappa shape index (κ1) is 12.8. The highest BCUT2D eigenvalue weighted by atomic mass is 35.5. The van der Waals surface area contributed by atoms with E-state index in [1.165, 1.54) is 0 Å². The molecule has 2 saturated heterocycles. The summed E-state index contributed by atoms with van der Waals surface area (Å²) in [4.78, 5) is 14.0. The fourth-order valence-corrected chi connectivity index (χ4v) is 2.95. The second kappa shape index (κ2) is 5.39. The van der Waals surface area contributed by atoms with Crippen LogP contribution < -0.4 is 10.1 Å². The summed E-state index contributed by atoms with van der Waals surface area (Å²) in [6, 6.07) is 7.07.